The average Bonchev–Trinajstić information content (AvgIpc) is 2.82. The van der Waals surface area contributed by atoms with E-state index in [4.69, 9.17) is 0 Å². The van der Waals surface area contributed by atoms with Gasteiger partial charge in [0.1, 0.15) is 0 Å². The van der Waals surface area contributed by atoms with Gasteiger partial charge in [-0.3, -0.25) is 9.59 Å². The zero-order chi connectivity index (χ0) is 22.3. The zero-order valence-corrected chi connectivity index (χ0v) is 18.1. The molecule has 1 saturated heterocycles. The van der Waals surface area contributed by atoms with Crippen LogP contribution in [0.1, 0.15) is 22.3 Å². The van der Waals surface area contributed by atoms with Crippen molar-refractivity contribution >= 4 is 29.9 Å². The van der Waals surface area contributed by atoms with Crippen LogP contribution in [0, 0.1) is 6.92 Å². The van der Waals surface area contributed by atoms with Crippen molar-refractivity contribution in [3.8, 4) is 0 Å². The van der Waals surface area contributed by atoms with Crippen LogP contribution in [0.2, 0.25) is 0 Å². The molecule has 0 spiro atoms. The highest BCUT2D eigenvalue weighted by Crippen LogP contribution is 2.22. The molecule has 4 rings (SSSR count). The molecule has 0 N–H and O–H groups in total. The van der Waals surface area contributed by atoms with Crippen molar-refractivity contribution in [1.82, 2.24) is 4.90 Å². The SMILES string of the molecule is Cc1ccc(/C=C/C(=O)N2C/C(=C\c3ccccc3)C(=O)/C(=C/c3ccccc3)C2)cc1. The van der Waals surface area contributed by atoms with E-state index < -0.39 is 0 Å². The first-order valence-corrected chi connectivity index (χ1v) is 10.7. The number of aryl methyl sites for hydroxylation is 1. The van der Waals surface area contributed by atoms with E-state index in [2.05, 4.69) is 0 Å². The van der Waals surface area contributed by atoms with Gasteiger partial charge in [0.25, 0.3) is 0 Å². The lowest BCUT2D eigenvalue weighted by Crippen LogP contribution is -2.40. The van der Waals surface area contributed by atoms with E-state index in [1.165, 1.54) is 5.56 Å². The summed E-state index contributed by atoms with van der Waals surface area (Å²) in [7, 11) is 0. The van der Waals surface area contributed by atoms with Crippen molar-refractivity contribution in [3.63, 3.8) is 0 Å². The van der Waals surface area contributed by atoms with E-state index in [0.717, 1.165) is 16.7 Å². The van der Waals surface area contributed by atoms with Crippen molar-refractivity contribution in [2.75, 3.05) is 13.1 Å². The number of amides is 1. The molecule has 3 heteroatoms. The molecular formula is C29H25NO2. The molecule has 0 radical (unpaired) electrons. The van der Waals surface area contributed by atoms with E-state index in [-0.39, 0.29) is 24.8 Å². The second-order valence-corrected chi connectivity index (χ2v) is 7.93. The highest BCUT2D eigenvalue weighted by Gasteiger charge is 2.28. The Hall–Kier alpha value is -3.98. The predicted molar refractivity (Wildman–Crippen MR) is 131 cm³/mol. The van der Waals surface area contributed by atoms with E-state index in [1.54, 1.807) is 11.0 Å². The molecule has 3 aromatic rings. The lowest BCUT2D eigenvalue weighted by molar-refractivity contribution is -0.126. The molecule has 0 aromatic heterocycles. The van der Waals surface area contributed by atoms with Crippen molar-refractivity contribution in [2.24, 2.45) is 0 Å². The highest BCUT2D eigenvalue weighted by atomic mass is 16.2. The number of benzene rings is 3. The molecule has 1 aliphatic heterocycles. The number of hydrogen-bond acceptors (Lipinski definition) is 2. The molecule has 158 valence electrons. The van der Waals surface area contributed by atoms with Crippen molar-refractivity contribution in [1.29, 1.82) is 0 Å². The number of likely N-dealkylation sites (tertiary alicyclic amines) is 1. The molecule has 3 nitrogen and oxygen atoms in total. The predicted octanol–water partition coefficient (Wildman–Crippen LogP) is 5.59. The summed E-state index contributed by atoms with van der Waals surface area (Å²) in [5.41, 5.74) is 5.26. The first-order chi connectivity index (χ1) is 15.6. The van der Waals surface area contributed by atoms with Gasteiger partial charge in [0, 0.05) is 17.2 Å². The third-order valence-electron chi connectivity index (χ3n) is 5.39. The molecule has 1 amide bonds. The number of nitrogens with zero attached hydrogens (tertiary/aromatic N) is 1. The van der Waals surface area contributed by atoms with Crippen LogP contribution in [0.25, 0.3) is 18.2 Å². The number of rotatable bonds is 4. The Bertz CT molecular complexity index is 1130. The minimum absolute atomic E-state index is 0.00993. The van der Waals surface area contributed by atoms with E-state index >= 15 is 0 Å². The fourth-order valence-corrected chi connectivity index (χ4v) is 3.65. The Morgan fingerprint density at radius 2 is 1.22 bits per heavy atom. The van der Waals surface area contributed by atoms with Crippen LogP contribution in [0.4, 0.5) is 0 Å². The normalized spacial score (nSPS) is 16.8. The first-order valence-electron chi connectivity index (χ1n) is 10.7. The molecule has 0 aliphatic carbocycles. The maximum atomic E-state index is 13.2. The largest absolute Gasteiger partial charge is 0.330 e. The van der Waals surface area contributed by atoms with Gasteiger partial charge in [-0.25, -0.2) is 0 Å². The van der Waals surface area contributed by atoms with Crippen LogP contribution in [0.15, 0.2) is 102 Å². The van der Waals surface area contributed by atoms with Crippen LogP contribution in [-0.4, -0.2) is 29.7 Å². The lowest BCUT2D eigenvalue weighted by atomic mass is 9.94. The quantitative estimate of drug-likeness (QED) is 0.517. The molecule has 1 heterocycles. The summed E-state index contributed by atoms with van der Waals surface area (Å²) in [6, 6.07) is 27.5. The van der Waals surface area contributed by atoms with Gasteiger partial charge in [0.15, 0.2) is 5.78 Å². The molecular weight excluding hydrogens is 394 g/mol. The fourth-order valence-electron chi connectivity index (χ4n) is 3.65. The van der Waals surface area contributed by atoms with E-state index in [1.807, 2.05) is 110 Å². The number of Topliss-reactive ketones (excluding diaryl/α,β-unsaturated/α-hetero) is 1. The summed E-state index contributed by atoms with van der Waals surface area (Å²) < 4.78 is 0. The molecule has 32 heavy (non-hydrogen) atoms. The van der Waals surface area contributed by atoms with Crippen LogP contribution >= 0.6 is 0 Å². The topological polar surface area (TPSA) is 37.4 Å². The molecule has 1 aliphatic rings. The third-order valence-corrected chi connectivity index (χ3v) is 5.39. The summed E-state index contributed by atoms with van der Waals surface area (Å²) in [6.07, 6.45) is 7.16. The minimum Gasteiger partial charge on any atom is -0.330 e. The molecule has 0 atom stereocenters. The number of carbonyl (C=O) groups excluding carboxylic acids is 2. The van der Waals surface area contributed by atoms with Gasteiger partial charge in [-0.2, -0.15) is 0 Å². The van der Waals surface area contributed by atoms with Gasteiger partial charge in [-0.05, 0) is 41.8 Å². The Balaban J connectivity index is 1.63. The van der Waals surface area contributed by atoms with Gasteiger partial charge in [-0.1, -0.05) is 90.5 Å². The second-order valence-electron chi connectivity index (χ2n) is 7.93. The summed E-state index contributed by atoms with van der Waals surface area (Å²) >= 11 is 0. The molecule has 0 saturated carbocycles. The summed E-state index contributed by atoms with van der Waals surface area (Å²) in [4.78, 5) is 28.0. The van der Waals surface area contributed by atoms with Crippen molar-refractivity contribution < 1.29 is 9.59 Å². The number of ketones is 1. The van der Waals surface area contributed by atoms with Crippen LogP contribution in [-0.2, 0) is 9.59 Å². The van der Waals surface area contributed by atoms with Crippen molar-refractivity contribution in [3.05, 3.63) is 124 Å². The molecule has 1 fully saturated rings. The number of piperidine rings is 1. The van der Waals surface area contributed by atoms with Crippen LogP contribution in [0.5, 0.6) is 0 Å². The Kier molecular flexibility index (Phi) is 6.57. The molecule has 0 bridgehead atoms. The minimum atomic E-state index is -0.115. The second kappa shape index (κ2) is 9.88. The first kappa shape index (κ1) is 21.3. The van der Waals surface area contributed by atoms with Crippen LogP contribution in [0.3, 0.4) is 0 Å². The standard InChI is InChI=1S/C29H25NO2/c1-22-12-14-23(15-13-22)16-17-28(31)30-20-26(18-24-8-4-2-5-9-24)29(32)27(21-30)19-25-10-6-3-7-11-25/h2-19H,20-21H2,1H3/b17-16+,26-18+,27-19+. The van der Waals surface area contributed by atoms with Crippen LogP contribution < -0.4 is 0 Å². The van der Waals surface area contributed by atoms with Gasteiger partial charge in [-0.15, -0.1) is 0 Å². The molecule has 0 unspecified atom stereocenters. The van der Waals surface area contributed by atoms with E-state index in [9.17, 15) is 9.59 Å². The van der Waals surface area contributed by atoms with Crippen molar-refractivity contribution in [2.45, 2.75) is 6.92 Å². The highest BCUT2D eigenvalue weighted by molar-refractivity contribution is 6.15. The Labute approximate surface area is 189 Å². The van der Waals surface area contributed by atoms with Gasteiger partial charge >= 0.3 is 0 Å². The smallest absolute Gasteiger partial charge is 0.247 e. The summed E-state index contributed by atoms with van der Waals surface area (Å²) in [5, 5.41) is 0. The zero-order valence-electron chi connectivity index (χ0n) is 18.1. The fraction of sp³-hybridized carbons (Fsp3) is 0.103. The Morgan fingerprint density at radius 3 is 1.72 bits per heavy atom. The van der Waals surface area contributed by atoms with Gasteiger partial charge in [0.05, 0.1) is 13.1 Å². The summed E-state index contributed by atoms with van der Waals surface area (Å²) in [5.74, 6) is -0.125. The lowest BCUT2D eigenvalue weighted by Gasteiger charge is -2.29. The number of carbonyl (C=O) groups is 2. The maximum absolute atomic E-state index is 13.2. The summed E-state index contributed by atoms with van der Waals surface area (Å²) in [6.45, 7) is 2.61. The average molecular weight is 420 g/mol. The number of hydrogen-bond donors (Lipinski definition) is 0. The molecule has 3 aromatic carbocycles. The van der Waals surface area contributed by atoms with Gasteiger partial charge in [0.2, 0.25) is 5.91 Å². The Morgan fingerprint density at radius 1 is 0.719 bits per heavy atom. The van der Waals surface area contributed by atoms with E-state index in [0.29, 0.717) is 11.1 Å². The van der Waals surface area contributed by atoms with Gasteiger partial charge < -0.3 is 4.90 Å². The third kappa shape index (κ3) is 5.38. The monoisotopic (exact) mass is 419 g/mol. The maximum Gasteiger partial charge on any atom is 0.247 e.